The molecular weight excluding hydrogens is 400 g/mol. The zero-order valence-electron chi connectivity index (χ0n) is 16.6. The minimum atomic E-state index is -0.360. The van der Waals surface area contributed by atoms with Gasteiger partial charge in [0.1, 0.15) is 5.82 Å². The van der Waals surface area contributed by atoms with Gasteiger partial charge in [0.05, 0.1) is 12.6 Å². The van der Waals surface area contributed by atoms with Crippen molar-refractivity contribution in [3.8, 4) is 0 Å². The number of amides is 1. The first-order valence-electron chi connectivity index (χ1n) is 9.02. The Labute approximate surface area is 178 Å². The molecule has 4 nitrogen and oxygen atoms in total. The number of hydrogen-bond acceptors (Lipinski definition) is 3. The molecule has 0 saturated carbocycles. The maximum absolute atomic E-state index is 14.5. The number of carbonyl (C=O) groups excluding carboxylic acids is 1. The van der Waals surface area contributed by atoms with Gasteiger partial charge in [0.2, 0.25) is 5.91 Å². The van der Waals surface area contributed by atoms with Crippen LogP contribution in [0.15, 0.2) is 42.5 Å². The average Bonchev–Trinajstić information content (AvgIpc) is 2.77. The Balaban J connectivity index is 0.00000196. The number of halogens is 3. The molecule has 1 heterocycles. The van der Waals surface area contributed by atoms with E-state index in [0.717, 1.165) is 16.8 Å². The molecule has 0 radical (unpaired) electrons. The fraction of sp³-hybridized carbons (Fsp3) is 0.381. The molecule has 1 aliphatic heterocycles. The van der Waals surface area contributed by atoms with Crippen molar-refractivity contribution in [1.29, 1.82) is 0 Å². The summed E-state index contributed by atoms with van der Waals surface area (Å²) in [6.07, 6.45) is 0. The zero-order chi connectivity index (χ0) is 18.8. The third kappa shape index (κ3) is 4.66. The molecule has 0 fully saturated rings. The predicted octanol–water partition coefficient (Wildman–Crippen LogP) is 4.34. The van der Waals surface area contributed by atoms with Gasteiger partial charge in [-0.1, -0.05) is 30.3 Å². The van der Waals surface area contributed by atoms with Gasteiger partial charge in [-0.3, -0.25) is 10.1 Å². The monoisotopic (exact) mass is 427 g/mol. The van der Waals surface area contributed by atoms with Gasteiger partial charge in [0.15, 0.2) is 0 Å². The van der Waals surface area contributed by atoms with E-state index in [2.05, 4.69) is 29.3 Å². The highest BCUT2D eigenvalue weighted by Gasteiger charge is 2.29. The van der Waals surface area contributed by atoms with E-state index in [1.54, 1.807) is 17.0 Å². The Hall–Kier alpha value is -1.66. The van der Waals surface area contributed by atoms with Crippen LogP contribution in [0.5, 0.6) is 0 Å². The quantitative estimate of drug-likeness (QED) is 0.787. The highest BCUT2D eigenvalue weighted by Crippen LogP contribution is 2.36. The lowest BCUT2D eigenvalue weighted by Crippen LogP contribution is -2.36. The Morgan fingerprint density at radius 1 is 1.18 bits per heavy atom. The lowest BCUT2D eigenvalue weighted by Gasteiger charge is -2.26. The molecule has 2 aromatic rings. The van der Waals surface area contributed by atoms with Gasteiger partial charge in [0, 0.05) is 23.8 Å². The van der Waals surface area contributed by atoms with Crippen molar-refractivity contribution >= 4 is 36.4 Å². The molecule has 0 saturated heterocycles. The van der Waals surface area contributed by atoms with Gasteiger partial charge >= 0.3 is 0 Å². The van der Waals surface area contributed by atoms with Crippen molar-refractivity contribution in [3.05, 3.63) is 65.0 Å². The first kappa shape index (κ1) is 24.4. The minimum absolute atomic E-state index is 0. The number of hydrogen-bond donors (Lipinski definition) is 1. The van der Waals surface area contributed by atoms with Crippen LogP contribution < -0.4 is 10.2 Å². The summed E-state index contributed by atoms with van der Waals surface area (Å²) in [5.41, 5.74) is 3.50. The molecule has 1 amide bonds. The Morgan fingerprint density at radius 3 is 2.46 bits per heavy atom. The molecule has 3 rings (SSSR count). The van der Waals surface area contributed by atoms with Crippen LogP contribution in [0.25, 0.3) is 0 Å². The summed E-state index contributed by atoms with van der Waals surface area (Å²) < 4.78 is 14.5. The van der Waals surface area contributed by atoms with Crippen molar-refractivity contribution < 1.29 is 9.18 Å². The molecule has 0 aliphatic carbocycles. The highest BCUT2D eigenvalue weighted by molar-refractivity contribution is 5.96. The molecule has 2 atom stereocenters. The van der Waals surface area contributed by atoms with Crippen molar-refractivity contribution in [2.75, 3.05) is 32.1 Å². The number of nitrogens with zero attached hydrogens (tertiary/aromatic N) is 2. The third-order valence-electron chi connectivity index (χ3n) is 5.20. The predicted molar refractivity (Wildman–Crippen MR) is 117 cm³/mol. The third-order valence-corrected chi connectivity index (χ3v) is 5.20. The Morgan fingerprint density at radius 2 is 1.86 bits per heavy atom. The fourth-order valence-electron chi connectivity index (χ4n) is 3.47. The van der Waals surface area contributed by atoms with E-state index in [1.807, 2.05) is 33.2 Å². The van der Waals surface area contributed by atoms with Crippen molar-refractivity contribution in [1.82, 2.24) is 10.2 Å². The van der Waals surface area contributed by atoms with Crippen molar-refractivity contribution in [3.63, 3.8) is 0 Å². The van der Waals surface area contributed by atoms with Gasteiger partial charge in [-0.2, -0.15) is 0 Å². The second-order valence-electron chi connectivity index (χ2n) is 6.93. The number of benzene rings is 2. The lowest BCUT2D eigenvalue weighted by atomic mass is 9.93. The van der Waals surface area contributed by atoms with Crippen LogP contribution in [0.1, 0.15) is 42.6 Å². The minimum Gasteiger partial charge on any atom is -0.311 e. The number of carbonyl (C=O) groups is 1. The van der Waals surface area contributed by atoms with E-state index >= 15 is 0 Å². The average molecular weight is 428 g/mol. The summed E-state index contributed by atoms with van der Waals surface area (Å²) in [4.78, 5) is 16.5. The molecule has 28 heavy (non-hydrogen) atoms. The summed E-state index contributed by atoms with van der Waals surface area (Å²) in [5, 5.41) is 3.26. The Bertz CT molecular complexity index is 816. The summed E-state index contributed by atoms with van der Waals surface area (Å²) in [5.74, 6) is -0.264. The van der Waals surface area contributed by atoms with Crippen LogP contribution in [-0.4, -0.2) is 38.0 Å². The largest absolute Gasteiger partial charge is 0.311 e. The van der Waals surface area contributed by atoms with E-state index in [9.17, 15) is 9.18 Å². The van der Waals surface area contributed by atoms with Crippen LogP contribution >= 0.6 is 24.8 Å². The second-order valence-corrected chi connectivity index (χ2v) is 6.93. The highest BCUT2D eigenvalue weighted by atomic mass is 35.5. The number of likely N-dealkylation sites (N-methyl/N-ethyl adjacent to an activating group) is 1. The molecule has 1 aliphatic rings. The van der Waals surface area contributed by atoms with Crippen LogP contribution in [0.3, 0.4) is 0 Å². The molecule has 1 N–H and O–H groups in total. The molecule has 0 spiro atoms. The number of anilines is 1. The first-order chi connectivity index (χ1) is 12.4. The normalized spacial score (nSPS) is 17.3. The van der Waals surface area contributed by atoms with Gasteiger partial charge in [-0.05, 0) is 51.2 Å². The smallest absolute Gasteiger partial charge is 0.240 e. The van der Waals surface area contributed by atoms with Gasteiger partial charge in [-0.15, -0.1) is 24.8 Å². The molecule has 2 aromatic carbocycles. The van der Waals surface area contributed by atoms with Crippen LogP contribution in [0.4, 0.5) is 10.1 Å². The molecule has 0 aromatic heterocycles. The first-order valence-corrected chi connectivity index (χ1v) is 9.02. The van der Waals surface area contributed by atoms with Crippen molar-refractivity contribution in [2.45, 2.75) is 25.9 Å². The van der Waals surface area contributed by atoms with Gasteiger partial charge in [-0.25, -0.2) is 4.39 Å². The van der Waals surface area contributed by atoms with E-state index in [-0.39, 0.29) is 55.2 Å². The SMILES string of the molecule is CCN1C(=O)CNC(c2ccccc2F)c2cc(C(C)N(C)C)ccc21.Cl.Cl. The second kappa shape index (κ2) is 10.2. The summed E-state index contributed by atoms with van der Waals surface area (Å²) in [6, 6.07) is 12.8. The molecular formula is C21H28Cl2FN3O. The zero-order valence-corrected chi connectivity index (χ0v) is 18.2. The van der Waals surface area contributed by atoms with E-state index in [4.69, 9.17) is 0 Å². The van der Waals surface area contributed by atoms with Crippen molar-refractivity contribution in [2.24, 2.45) is 0 Å². The lowest BCUT2D eigenvalue weighted by molar-refractivity contribution is -0.117. The maximum Gasteiger partial charge on any atom is 0.240 e. The fourth-order valence-corrected chi connectivity index (χ4v) is 3.47. The van der Waals surface area contributed by atoms with E-state index in [1.165, 1.54) is 6.07 Å². The number of fused-ring (bicyclic) bond motifs is 1. The Kier molecular flexibility index (Phi) is 8.89. The number of nitrogens with one attached hydrogen (secondary N) is 1. The molecule has 154 valence electrons. The van der Waals surface area contributed by atoms with E-state index < -0.39 is 0 Å². The van der Waals surface area contributed by atoms with Crippen LogP contribution in [0, 0.1) is 5.82 Å². The van der Waals surface area contributed by atoms with Gasteiger partial charge in [0.25, 0.3) is 0 Å². The molecule has 7 heteroatoms. The topological polar surface area (TPSA) is 35.6 Å². The summed E-state index contributed by atoms with van der Waals surface area (Å²) in [6.45, 7) is 4.86. The number of rotatable bonds is 4. The standard InChI is InChI=1S/C21H26FN3O.2ClH/c1-5-25-19-11-10-15(14(2)24(3)4)12-17(19)21(23-13-20(25)26)16-8-6-7-9-18(16)22;;/h6-12,14,21,23H,5,13H2,1-4H3;2*1H. The summed E-state index contributed by atoms with van der Waals surface area (Å²) in [7, 11) is 4.07. The molecule has 0 bridgehead atoms. The van der Waals surface area contributed by atoms with Crippen LogP contribution in [0.2, 0.25) is 0 Å². The summed E-state index contributed by atoms with van der Waals surface area (Å²) >= 11 is 0. The maximum atomic E-state index is 14.5. The van der Waals surface area contributed by atoms with Crippen LogP contribution in [-0.2, 0) is 4.79 Å². The molecule has 2 unspecified atom stereocenters. The van der Waals surface area contributed by atoms with Gasteiger partial charge < -0.3 is 9.80 Å². The van der Waals surface area contributed by atoms with E-state index in [0.29, 0.717) is 12.1 Å².